The third kappa shape index (κ3) is 9.80. The average Bonchev–Trinajstić information content (AvgIpc) is 3.03. The highest BCUT2D eigenvalue weighted by Gasteiger charge is 2.39. The van der Waals surface area contributed by atoms with Gasteiger partial charge in [0.25, 0.3) is 0 Å². The average molecular weight is 689 g/mol. The molecule has 42 heavy (non-hydrogen) atoms. The molecule has 0 radical (unpaired) electrons. The Labute approximate surface area is 261 Å². The number of halogens is 1. The van der Waals surface area contributed by atoms with Gasteiger partial charge in [0, 0.05) is 22.6 Å². The van der Waals surface area contributed by atoms with Crippen LogP contribution < -0.4 is 9.47 Å². The molecule has 0 aromatic heterocycles. The lowest BCUT2D eigenvalue weighted by molar-refractivity contribution is -0.129. The molecule has 0 saturated heterocycles. The SMILES string of the molecule is C#CCOCCOCCOCCO[C@@H](COC(c1ccccc1)(c1ccc(OC)cc1)c1ccc(OC)cc1)C(=O)I. The molecule has 3 aromatic rings. The smallest absolute Gasteiger partial charge is 0.223 e. The minimum Gasteiger partial charge on any atom is -0.497 e. The molecule has 9 heteroatoms. The molecule has 1 atom stereocenters. The highest BCUT2D eigenvalue weighted by Crippen LogP contribution is 2.42. The van der Waals surface area contributed by atoms with E-state index in [1.807, 2.05) is 78.9 Å². The topological polar surface area (TPSA) is 81.7 Å². The van der Waals surface area contributed by atoms with Crippen molar-refractivity contribution < 1.29 is 38.0 Å². The van der Waals surface area contributed by atoms with E-state index in [0.29, 0.717) is 33.0 Å². The van der Waals surface area contributed by atoms with Crippen LogP contribution in [0.1, 0.15) is 16.7 Å². The van der Waals surface area contributed by atoms with Gasteiger partial charge in [-0.15, -0.1) is 6.42 Å². The van der Waals surface area contributed by atoms with E-state index in [4.69, 9.17) is 39.6 Å². The van der Waals surface area contributed by atoms with E-state index in [0.717, 1.165) is 28.2 Å². The van der Waals surface area contributed by atoms with Gasteiger partial charge >= 0.3 is 0 Å². The Kier molecular flexibility index (Phi) is 14.8. The Morgan fingerprint density at radius 1 is 0.738 bits per heavy atom. The summed E-state index contributed by atoms with van der Waals surface area (Å²) in [5.74, 6) is 3.85. The number of hydrogen-bond acceptors (Lipinski definition) is 8. The number of ether oxygens (including phenoxy) is 7. The Balaban J connectivity index is 1.74. The molecule has 0 aliphatic rings. The lowest BCUT2D eigenvalue weighted by atomic mass is 9.80. The second kappa shape index (κ2) is 18.5. The van der Waals surface area contributed by atoms with Crippen molar-refractivity contribution in [2.75, 3.05) is 67.1 Å². The fraction of sp³-hybridized carbons (Fsp3) is 0.364. The van der Waals surface area contributed by atoms with Gasteiger partial charge in [-0.2, -0.15) is 0 Å². The summed E-state index contributed by atoms with van der Waals surface area (Å²) in [6.07, 6.45) is 4.32. The van der Waals surface area contributed by atoms with Crippen LogP contribution in [0.2, 0.25) is 0 Å². The van der Waals surface area contributed by atoms with E-state index in [2.05, 4.69) is 5.92 Å². The highest BCUT2D eigenvalue weighted by atomic mass is 127. The van der Waals surface area contributed by atoms with Crippen LogP contribution in [0, 0.1) is 12.3 Å². The minimum atomic E-state index is -1.05. The Hall–Kier alpha value is -2.98. The van der Waals surface area contributed by atoms with Crippen molar-refractivity contribution >= 4 is 26.4 Å². The molecule has 0 bridgehead atoms. The summed E-state index contributed by atoms with van der Waals surface area (Å²) in [7, 11) is 3.25. The zero-order valence-corrected chi connectivity index (χ0v) is 26.1. The molecular weight excluding hydrogens is 651 g/mol. The van der Waals surface area contributed by atoms with Crippen molar-refractivity contribution in [1.82, 2.24) is 0 Å². The van der Waals surface area contributed by atoms with Crippen molar-refractivity contribution in [3.05, 3.63) is 95.6 Å². The molecule has 8 nitrogen and oxygen atoms in total. The number of carbonyl (C=O) groups is 1. The molecule has 3 aromatic carbocycles. The van der Waals surface area contributed by atoms with Gasteiger partial charge in [0.15, 0.2) is 0 Å². The molecule has 0 saturated carbocycles. The number of hydrogen-bond donors (Lipinski definition) is 0. The lowest BCUT2D eigenvalue weighted by Gasteiger charge is -2.37. The Morgan fingerprint density at radius 2 is 1.21 bits per heavy atom. The molecule has 0 spiro atoms. The van der Waals surface area contributed by atoms with E-state index >= 15 is 0 Å². The van der Waals surface area contributed by atoms with E-state index in [9.17, 15) is 4.79 Å². The summed E-state index contributed by atoms with van der Waals surface area (Å²) in [6.45, 7) is 2.49. The molecule has 3 rings (SSSR count). The molecule has 0 unspecified atom stereocenters. The predicted octanol–water partition coefficient (Wildman–Crippen LogP) is 5.04. The monoisotopic (exact) mass is 688 g/mol. The first-order valence-corrected chi connectivity index (χ1v) is 14.6. The summed E-state index contributed by atoms with van der Waals surface area (Å²) in [5.41, 5.74) is 1.58. The van der Waals surface area contributed by atoms with Gasteiger partial charge in [-0.25, -0.2) is 0 Å². The van der Waals surface area contributed by atoms with E-state index in [1.165, 1.54) is 0 Å². The Morgan fingerprint density at radius 3 is 1.69 bits per heavy atom. The first kappa shape index (κ1) is 33.5. The number of rotatable bonds is 20. The second-order valence-electron chi connectivity index (χ2n) is 8.96. The van der Waals surface area contributed by atoms with Crippen LogP contribution in [0.5, 0.6) is 11.5 Å². The van der Waals surface area contributed by atoms with E-state index in [1.54, 1.807) is 36.8 Å². The van der Waals surface area contributed by atoms with Crippen molar-refractivity contribution in [2.45, 2.75) is 11.7 Å². The van der Waals surface area contributed by atoms with Crippen LogP contribution >= 0.6 is 22.6 Å². The summed E-state index contributed by atoms with van der Waals surface area (Å²) < 4.78 is 39.5. The Bertz CT molecular complexity index is 1180. The van der Waals surface area contributed by atoms with Crippen LogP contribution in [0.25, 0.3) is 0 Å². The maximum absolute atomic E-state index is 12.6. The van der Waals surface area contributed by atoms with Crippen LogP contribution in [0.3, 0.4) is 0 Å². The summed E-state index contributed by atoms with van der Waals surface area (Å²) in [4.78, 5) is 12.6. The molecule has 0 aliphatic heterocycles. The maximum atomic E-state index is 12.6. The summed E-state index contributed by atoms with van der Waals surface area (Å²) in [6, 6.07) is 25.3. The lowest BCUT2D eigenvalue weighted by Crippen LogP contribution is -2.38. The first-order valence-electron chi connectivity index (χ1n) is 13.5. The number of benzene rings is 3. The van der Waals surface area contributed by atoms with Crippen molar-refractivity contribution in [1.29, 1.82) is 0 Å². The zero-order valence-electron chi connectivity index (χ0n) is 24.0. The predicted molar refractivity (Wildman–Crippen MR) is 168 cm³/mol. The first-order chi connectivity index (χ1) is 20.5. The maximum Gasteiger partial charge on any atom is 0.223 e. The molecule has 0 fully saturated rings. The van der Waals surface area contributed by atoms with Gasteiger partial charge in [0.2, 0.25) is 3.79 Å². The van der Waals surface area contributed by atoms with E-state index < -0.39 is 11.7 Å². The van der Waals surface area contributed by atoms with Gasteiger partial charge in [0.05, 0.1) is 60.5 Å². The number of terminal acetylenes is 1. The van der Waals surface area contributed by atoms with Gasteiger partial charge < -0.3 is 33.2 Å². The van der Waals surface area contributed by atoms with Crippen LogP contribution in [-0.2, 0) is 34.1 Å². The molecule has 0 N–H and O–H groups in total. The third-order valence-corrected chi connectivity index (χ3v) is 7.05. The third-order valence-electron chi connectivity index (χ3n) is 6.35. The fourth-order valence-electron chi connectivity index (χ4n) is 4.27. The van der Waals surface area contributed by atoms with Gasteiger partial charge in [-0.1, -0.05) is 60.5 Å². The van der Waals surface area contributed by atoms with Gasteiger partial charge in [0.1, 0.15) is 29.8 Å². The second-order valence-corrected chi connectivity index (χ2v) is 10.0. The van der Waals surface area contributed by atoms with E-state index in [-0.39, 0.29) is 23.6 Å². The molecule has 0 aliphatic carbocycles. The number of carbonyl (C=O) groups excluding carboxylic acids is 1. The van der Waals surface area contributed by atoms with Gasteiger partial charge in [-0.05, 0) is 41.0 Å². The van der Waals surface area contributed by atoms with Crippen LogP contribution in [0.15, 0.2) is 78.9 Å². The molecule has 0 heterocycles. The van der Waals surface area contributed by atoms with Crippen molar-refractivity contribution in [3.63, 3.8) is 0 Å². The molecule has 224 valence electrons. The molecular formula is C33H37IO8. The van der Waals surface area contributed by atoms with Gasteiger partial charge in [-0.3, -0.25) is 4.79 Å². The zero-order chi connectivity index (χ0) is 30.0. The van der Waals surface area contributed by atoms with Crippen LogP contribution in [0.4, 0.5) is 0 Å². The quantitative estimate of drug-likeness (QED) is 0.0538. The largest absolute Gasteiger partial charge is 0.497 e. The van der Waals surface area contributed by atoms with Crippen molar-refractivity contribution in [2.24, 2.45) is 0 Å². The van der Waals surface area contributed by atoms with Crippen LogP contribution in [-0.4, -0.2) is 77.0 Å². The fourth-order valence-corrected chi connectivity index (χ4v) is 4.63. The minimum absolute atomic E-state index is 0.00942. The summed E-state index contributed by atoms with van der Waals surface area (Å²) in [5, 5.41) is 0. The number of methoxy groups -OCH3 is 2. The normalized spacial score (nSPS) is 12.0. The van der Waals surface area contributed by atoms with Crippen molar-refractivity contribution in [3.8, 4) is 23.8 Å². The standard InChI is InChI=1S/C33H37IO8/c1-4-18-38-19-20-39-21-22-40-23-24-41-31(32(34)35)25-42-33(26-8-6-5-7-9-26,27-10-14-29(36-2)15-11-27)28-12-16-30(37-3)17-13-28/h1,5-17,31H,18-25H2,2-3H3/t31-/m0/s1. The highest BCUT2D eigenvalue weighted by molar-refractivity contribution is 14.1. The molecule has 0 amide bonds. The summed E-state index contributed by atoms with van der Waals surface area (Å²) >= 11 is 1.75.